The molecule has 114 valence electrons. The molecule has 20 heavy (non-hydrogen) atoms. The van der Waals surface area contributed by atoms with Crippen molar-refractivity contribution < 1.29 is 19.4 Å². The molecule has 1 N–H and O–H groups in total. The molecule has 0 aromatic heterocycles. The van der Waals surface area contributed by atoms with Gasteiger partial charge in [-0.1, -0.05) is 36.4 Å². The van der Waals surface area contributed by atoms with Crippen LogP contribution in [0, 0.1) is 6.92 Å². The minimum atomic E-state index is -0.544. The number of methoxy groups -OCH3 is 1. The van der Waals surface area contributed by atoms with Crippen molar-refractivity contribution in [3.63, 3.8) is 0 Å². The fourth-order valence-electron chi connectivity index (χ4n) is 1.41. The molecule has 1 aromatic rings. The molecule has 4 nitrogen and oxygen atoms in total. The second-order valence-electron chi connectivity index (χ2n) is 4.16. The number of halogens is 1. The van der Waals surface area contributed by atoms with E-state index in [1.54, 1.807) is 13.0 Å². The normalized spacial score (nSPS) is 9.45. The molecule has 0 unspecified atom stereocenters. The predicted molar refractivity (Wildman–Crippen MR) is 89.1 cm³/mol. The number of aryl methyl sites for hydroxylation is 1. The Hall–Kier alpha value is -0.980. The maximum atomic E-state index is 11.4. The van der Waals surface area contributed by atoms with Crippen LogP contribution in [0.25, 0.3) is 0 Å². The lowest BCUT2D eigenvalue weighted by atomic mass is 10.1. The van der Waals surface area contributed by atoms with Gasteiger partial charge in [-0.05, 0) is 35.8 Å². The number of carbonyl (C=O) groups excluding carboxylic acids is 1. The Balaban J connectivity index is 0.000000796. The van der Waals surface area contributed by atoms with Crippen LogP contribution >= 0.6 is 22.6 Å². The monoisotopic (exact) mass is 394 g/mol. The van der Waals surface area contributed by atoms with E-state index in [2.05, 4.69) is 34.3 Å². The van der Waals surface area contributed by atoms with Gasteiger partial charge in [0.15, 0.2) is 0 Å². The van der Waals surface area contributed by atoms with Gasteiger partial charge in [0.25, 0.3) is 0 Å². The summed E-state index contributed by atoms with van der Waals surface area (Å²) < 4.78 is 11.2. The molecule has 5 heteroatoms. The van der Waals surface area contributed by atoms with E-state index in [0.717, 1.165) is 6.42 Å². The molecule has 0 saturated carbocycles. The van der Waals surface area contributed by atoms with E-state index >= 15 is 0 Å². The molecule has 0 aliphatic heterocycles. The van der Waals surface area contributed by atoms with Crippen LogP contribution in [0.15, 0.2) is 12.1 Å². The molecular formula is C15H23IO4. The highest BCUT2D eigenvalue weighted by atomic mass is 127. The zero-order valence-corrected chi connectivity index (χ0v) is 14.7. The number of alkyl halides is 1. The molecule has 0 heterocycles. The van der Waals surface area contributed by atoms with E-state index in [-0.39, 0.29) is 11.3 Å². The van der Waals surface area contributed by atoms with Crippen molar-refractivity contribution >= 4 is 28.6 Å². The molecule has 0 spiro atoms. The van der Waals surface area contributed by atoms with Gasteiger partial charge in [-0.2, -0.15) is 0 Å². The Labute approximate surface area is 134 Å². The number of benzene rings is 1. The Morgan fingerprint density at radius 1 is 1.30 bits per heavy atom. The summed E-state index contributed by atoms with van der Waals surface area (Å²) in [5.74, 6) is -0.0977. The largest absolute Gasteiger partial charge is 0.507 e. The highest BCUT2D eigenvalue weighted by Crippen LogP contribution is 2.28. The van der Waals surface area contributed by atoms with Crippen LogP contribution in [0.1, 0.15) is 42.6 Å². The van der Waals surface area contributed by atoms with Crippen molar-refractivity contribution in [2.24, 2.45) is 0 Å². The van der Waals surface area contributed by atoms with Crippen LogP contribution in [0.5, 0.6) is 11.5 Å². The molecular weight excluding hydrogens is 371 g/mol. The van der Waals surface area contributed by atoms with Crippen molar-refractivity contribution in [3.8, 4) is 11.5 Å². The summed E-state index contributed by atoms with van der Waals surface area (Å²) in [6.07, 6.45) is 2.19. The van der Waals surface area contributed by atoms with Crippen molar-refractivity contribution in [1.82, 2.24) is 0 Å². The zero-order valence-electron chi connectivity index (χ0n) is 12.5. The molecule has 0 amide bonds. The fourth-order valence-corrected chi connectivity index (χ4v) is 1.41. The number of phenolic OH excluding ortho intramolecular Hbond substituents is 1. The number of phenols is 1. The van der Waals surface area contributed by atoms with Crippen LogP contribution in [0.2, 0.25) is 0 Å². The number of aromatic hydroxyl groups is 1. The molecule has 0 aliphatic carbocycles. The standard InChI is InChI=1S/C12H16O4.C3H7I/c1-4-5-16-9-6-8(2)11(10(13)7-9)12(14)15-3;1-2-3-4/h6-7,13H,4-5H2,1-3H3;2-3H2,1H3. The van der Waals surface area contributed by atoms with Gasteiger partial charge in [0.2, 0.25) is 0 Å². The summed E-state index contributed by atoms with van der Waals surface area (Å²) in [5, 5.41) is 9.69. The van der Waals surface area contributed by atoms with Crippen LogP contribution in [-0.4, -0.2) is 29.2 Å². The van der Waals surface area contributed by atoms with Gasteiger partial charge >= 0.3 is 5.97 Å². The van der Waals surface area contributed by atoms with E-state index in [1.807, 2.05) is 6.92 Å². The number of hydrogen-bond donors (Lipinski definition) is 1. The summed E-state index contributed by atoms with van der Waals surface area (Å²) in [6.45, 7) is 6.48. The number of hydrogen-bond acceptors (Lipinski definition) is 4. The van der Waals surface area contributed by atoms with Gasteiger partial charge in [-0.3, -0.25) is 0 Å². The van der Waals surface area contributed by atoms with E-state index in [1.165, 1.54) is 24.0 Å². The maximum absolute atomic E-state index is 11.4. The number of ether oxygens (including phenoxy) is 2. The third kappa shape index (κ3) is 6.45. The molecule has 1 aromatic carbocycles. The van der Waals surface area contributed by atoms with Crippen LogP contribution in [0.3, 0.4) is 0 Å². The topological polar surface area (TPSA) is 55.8 Å². The Morgan fingerprint density at radius 3 is 2.30 bits per heavy atom. The summed E-state index contributed by atoms with van der Waals surface area (Å²) in [4.78, 5) is 11.4. The first kappa shape index (κ1) is 19.0. The first-order valence-electron chi connectivity index (χ1n) is 6.62. The van der Waals surface area contributed by atoms with E-state index in [0.29, 0.717) is 17.9 Å². The molecule has 0 bridgehead atoms. The number of carbonyl (C=O) groups is 1. The fraction of sp³-hybridized carbons (Fsp3) is 0.533. The highest BCUT2D eigenvalue weighted by molar-refractivity contribution is 14.1. The second kappa shape index (κ2) is 10.8. The van der Waals surface area contributed by atoms with Gasteiger partial charge in [-0.15, -0.1) is 0 Å². The lowest BCUT2D eigenvalue weighted by Gasteiger charge is -2.10. The molecule has 0 saturated heterocycles. The van der Waals surface area contributed by atoms with E-state index < -0.39 is 5.97 Å². The van der Waals surface area contributed by atoms with Crippen LogP contribution in [0.4, 0.5) is 0 Å². The molecule has 1 rings (SSSR count). The average molecular weight is 394 g/mol. The minimum Gasteiger partial charge on any atom is -0.507 e. The summed E-state index contributed by atoms with van der Waals surface area (Å²) in [7, 11) is 1.28. The summed E-state index contributed by atoms with van der Waals surface area (Å²) >= 11 is 2.35. The van der Waals surface area contributed by atoms with Gasteiger partial charge in [0.05, 0.1) is 13.7 Å². The number of esters is 1. The Morgan fingerprint density at radius 2 is 1.90 bits per heavy atom. The molecule has 0 radical (unpaired) electrons. The molecule has 0 atom stereocenters. The quantitative estimate of drug-likeness (QED) is 0.464. The highest BCUT2D eigenvalue weighted by Gasteiger charge is 2.16. The third-order valence-electron chi connectivity index (χ3n) is 2.34. The maximum Gasteiger partial charge on any atom is 0.341 e. The molecule has 0 aliphatic rings. The van der Waals surface area contributed by atoms with Crippen molar-refractivity contribution in [2.45, 2.75) is 33.6 Å². The smallest absolute Gasteiger partial charge is 0.341 e. The van der Waals surface area contributed by atoms with Crippen molar-refractivity contribution in [1.29, 1.82) is 0 Å². The lowest BCUT2D eigenvalue weighted by molar-refractivity contribution is 0.0596. The SMILES string of the molecule is CCCI.CCCOc1cc(C)c(C(=O)OC)c(O)c1. The van der Waals surface area contributed by atoms with E-state index in [4.69, 9.17) is 4.74 Å². The minimum absolute atomic E-state index is 0.113. The summed E-state index contributed by atoms with van der Waals surface area (Å²) in [6, 6.07) is 3.14. The molecule has 0 fully saturated rings. The van der Waals surface area contributed by atoms with Crippen molar-refractivity contribution in [3.05, 3.63) is 23.3 Å². The van der Waals surface area contributed by atoms with Crippen molar-refractivity contribution in [2.75, 3.05) is 18.1 Å². The third-order valence-corrected chi connectivity index (χ3v) is 3.42. The Kier molecular flexibility index (Phi) is 10.2. The van der Waals surface area contributed by atoms with E-state index in [9.17, 15) is 9.90 Å². The van der Waals surface area contributed by atoms with Gasteiger partial charge in [0, 0.05) is 6.07 Å². The van der Waals surface area contributed by atoms with Crippen LogP contribution < -0.4 is 4.74 Å². The lowest BCUT2D eigenvalue weighted by Crippen LogP contribution is -2.05. The average Bonchev–Trinajstić information content (AvgIpc) is 2.44. The van der Waals surface area contributed by atoms with Gasteiger partial charge in [-0.25, -0.2) is 4.79 Å². The second-order valence-corrected chi connectivity index (χ2v) is 5.24. The zero-order chi connectivity index (χ0) is 15.5. The predicted octanol–water partition coefficient (Wildman–Crippen LogP) is 4.11. The number of rotatable bonds is 5. The van der Waals surface area contributed by atoms with Gasteiger partial charge in [0.1, 0.15) is 17.1 Å². The van der Waals surface area contributed by atoms with Crippen LogP contribution in [-0.2, 0) is 4.74 Å². The first-order chi connectivity index (χ1) is 9.51. The first-order valence-corrected chi connectivity index (χ1v) is 8.14. The summed E-state index contributed by atoms with van der Waals surface area (Å²) in [5.41, 5.74) is 0.823. The van der Waals surface area contributed by atoms with Gasteiger partial charge < -0.3 is 14.6 Å². The Bertz CT molecular complexity index is 393.